The molecule has 0 rings (SSSR count). The van der Waals surface area contributed by atoms with Crippen LogP contribution in [0, 0.1) is 5.92 Å². The number of hydrogen-bond donors (Lipinski definition) is 1. The lowest BCUT2D eigenvalue weighted by Gasteiger charge is -2.11. The Morgan fingerprint density at radius 3 is 2.60 bits per heavy atom. The highest BCUT2D eigenvalue weighted by atomic mass is 14.8. The maximum atomic E-state index is 3.73. The fourth-order valence-electron chi connectivity index (χ4n) is 0.979. The van der Waals surface area contributed by atoms with Gasteiger partial charge in [-0.1, -0.05) is 26.3 Å². The second-order valence-corrected chi connectivity index (χ2v) is 2.61. The molecule has 0 saturated carbocycles. The van der Waals surface area contributed by atoms with Crippen LogP contribution < -0.4 is 5.32 Å². The van der Waals surface area contributed by atoms with Crippen LogP contribution in [0.25, 0.3) is 0 Å². The largest absolute Gasteiger partial charge is 0.317 e. The van der Waals surface area contributed by atoms with E-state index < -0.39 is 0 Å². The van der Waals surface area contributed by atoms with Crippen molar-refractivity contribution in [3.05, 3.63) is 12.7 Å². The van der Waals surface area contributed by atoms with E-state index in [0.29, 0.717) is 0 Å². The van der Waals surface area contributed by atoms with E-state index in [9.17, 15) is 0 Å². The van der Waals surface area contributed by atoms with Crippen molar-refractivity contribution in [1.29, 1.82) is 0 Å². The molecule has 1 unspecified atom stereocenters. The Hall–Kier alpha value is -0.300. The Balaban J connectivity index is 3.29. The lowest BCUT2D eigenvalue weighted by Crippen LogP contribution is -2.21. The molecule has 0 radical (unpaired) electrons. The molecule has 10 heavy (non-hydrogen) atoms. The number of nitrogens with one attached hydrogen (secondary N) is 1. The molecule has 0 heterocycles. The van der Waals surface area contributed by atoms with Gasteiger partial charge in [-0.05, 0) is 25.4 Å². The van der Waals surface area contributed by atoms with Crippen molar-refractivity contribution in [1.82, 2.24) is 5.32 Å². The Kier molecular flexibility index (Phi) is 6.61. The Bertz CT molecular complexity index is 78.8. The normalized spacial score (nSPS) is 13.0. The summed E-state index contributed by atoms with van der Waals surface area (Å²) in [5.74, 6) is 0.789. The van der Waals surface area contributed by atoms with E-state index in [2.05, 4.69) is 25.7 Å². The quantitative estimate of drug-likeness (QED) is 0.559. The number of hydrogen-bond acceptors (Lipinski definition) is 1. The van der Waals surface area contributed by atoms with E-state index in [1.54, 1.807) is 0 Å². The van der Waals surface area contributed by atoms with Crippen molar-refractivity contribution >= 4 is 0 Å². The van der Waals surface area contributed by atoms with Gasteiger partial charge in [-0.2, -0.15) is 0 Å². The maximum absolute atomic E-state index is 3.73. The minimum absolute atomic E-state index is 0.789. The molecule has 0 aromatic heterocycles. The minimum Gasteiger partial charge on any atom is -0.317 e. The van der Waals surface area contributed by atoms with Gasteiger partial charge in [0.2, 0.25) is 0 Å². The molecule has 0 aromatic rings. The summed E-state index contributed by atoms with van der Waals surface area (Å²) in [5.41, 5.74) is 0. The van der Waals surface area contributed by atoms with Crippen molar-refractivity contribution in [3.63, 3.8) is 0 Å². The minimum atomic E-state index is 0.789. The van der Waals surface area contributed by atoms with Crippen LogP contribution in [0.15, 0.2) is 12.7 Å². The fraction of sp³-hybridized carbons (Fsp3) is 0.778. The van der Waals surface area contributed by atoms with Gasteiger partial charge in [0.1, 0.15) is 0 Å². The molecule has 0 bridgehead atoms. The molecule has 0 aliphatic rings. The highest BCUT2D eigenvalue weighted by Gasteiger charge is 2.00. The van der Waals surface area contributed by atoms with Crippen LogP contribution in [0.4, 0.5) is 0 Å². The van der Waals surface area contributed by atoms with Crippen LogP contribution in [-0.4, -0.2) is 13.1 Å². The number of rotatable bonds is 6. The summed E-state index contributed by atoms with van der Waals surface area (Å²) in [7, 11) is 0. The summed E-state index contributed by atoms with van der Waals surface area (Å²) >= 11 is 0. The lowest BCUT2D eigenvalue weighted by atomic mass is 10.0. The summed E-state index contributed by atoms with van der Waals surface area (Å²) in [6.07, 6.45) is 4.40. The van der Waals surface area contributed by atoms with Crippen LogP contribution in [0.5, 0.6) is 0 Å². The third-order valence-electron chi connectivity index (χ3n) is 1.76. The highest BCUT2D eigenvalue weighted by molar-refractivity contribution is 4.73. The van der Waals surface area contributed by atoms with Crippen molar-refractivity contribution in [2.75, 3.05) is 13.1 Å². The molecular weight excluding hydrogens is 122 g/mol. The zero-order valence-corrected chi connectivity index (χ0v) is 7.19. The molecule has 0 aliphatic heterocycles. The average Bonchev–Trinajstić information content (AvgIpc) is 1.98. The molecule has 60 valence electrons. The highest BCUT2D eigenvalue weighted by Crippen LogP contribution is 2.06. The lowest BCUT2D eigenvalue weighted by molar-refractivity contribution is 0.475. The fourth-order valence-corrected chi connectivity index (χ4v) is 0.979. The standard InChI is InChI=1S/C9H19N/c1-4-7-9(5-2)8-10-6-3/h4,9-10H,1,5-8H2,2-3H3. The SMILES string of the molecule is C=CCC(CC)CNCC. The topological polar surface area (TPSA) is 12.0 Å². The summed E-state index contributed by atoms with van der Waals surface area (Å²) in [6, 6.07) is 0. The Morgan fingerprint density at radius 2 is 2.20 bits per heavy atom. The van der Waals surface area contributed by atoms with Gasteiger partial charge in [0, 0.05) is 0 Å². The molecule has 0 fully saturated rings. The van der Waals surface area contributed by atoms with Crippen LogP contribution in [-0.2, 0) is 0 Å². The molecule has 0 aliphatic carbocycles. The van der Waals surface area contributed by atoms with Crippen molar-refractivity contribution in [3.8, 4) is 0 Å². The monoisotopic (exact) mass is 141 g/mol. The molecule has 1 atom stereocenters. The predicted molar refractivity (Wildman–Crippen MR) is 47.1 cm³/mol. The molecule has 0 aromatic carbocycles. The summed E-state index contributed by atoms with van der Waals surface area (Å²) in [5, 5.41) is 3.34. The van der Waals surface area contributed by atoms with E-state index in [1.165, 1.54) is 6.42 Å². The summed E-state index contributed by atoms with van der Waals surface area (Å²) < 4.78 is 0. The molecule has 1 N–H and O–H groups in total. The maximum Gasteiger partial charge on any atom is -0.00178 e. The smallest absolute Gasteiger partial charge is 0.00178 e. The third kappa shape index (κ3) is 4.57. The van der Waals surface area contributed by atoms with Gasteiger partial charge in [0.05, 0.1) is 0 Å². The first-order valence-corrected chi connectivity index (χ1v) is 4.16. The first-order valence-electron chi connectivity index (χ1n) is 4.16. The molecule has 1 nitrogen and oxygen atoms in total. The van der Waals surface area contributed by atoms with Gasteiger partial charge in [-0.25, -0.2) is 0 Å². The zero-order valence-electron chi connectivity index (χ0n) is 7.19. The second-order valence-electron chi connectivity index (χ2n) is 2.61. The summed E-state index contributed by atoms with van der Waals surface area (Å²) in [4.78, 5) is 0. The van der Waals surface area contributed by atoms with Crippen molar-refractivity contribution in [2.45, 2.75) is 26.7 Å². The molecule has 0 saturated heterocycles. The Labute approximate surface area is 64.5 Å². The van der Waals surface area contributed by atoms with Crippen molar-refractivity contribution in [2.24, 2.45) is 5.92 Å². The van der Waals surface area contributed by atoms with Crippen LogP contribution in [0.3, 0.4) is 0 Å². The van der Waals surface area contributed by atoms with E-state index in [1.807, 2.05) is 6.08 Å². The van der Waals surface area contributed by atoms with E-state index in [0.717, 1.165) is 25.4 Å². The molecule has 1 heteroatoms. The van der Waals surface area contributed by atoms with Gasteiger partial charge >= 0.3 is 0 Å². The number of allylic oxidation sites excluding steroid dienone is 1. The van der Waals surface area contributed by atoms with Gasteiger partial charge in [-0.3, -0.25) is 0 Å². The summed E-state index contributed by atoms with van der Waals surface area (Å²) in [6.45, 7) is 10.3. The molecule has 0 amide bonds. The van der Waals surface area contributed by atoms with Gasteiger partial charge in [0.15, 0.2) is 0 Å². The van der Waals surface area contributed by atoms with E-state index >= 15 is 0 Å². The van der Waals surface area contributed by atoms with Crippen molar-refractivity contribution < 1.29 is 0 Å². The first-order chi connectivity index (χ1) is 4.85. The van der Waals surface area contributed by atoms with Gasteiger partial charge < -0.3 is 5.32 Å². The zero-order chi connectivity index (χ0) is 7.82. The van der Waals surface area contributed by atoms with Gasteiger partial charge in [-0.15, -0.1) is 6.58 Å². The predicted octanol–water partition coefficient (Wildman–Crippen LogP) is 2.20. The van der Waals surface area contributed by atoms with Crippen LogP contribution in [0.2, 0.25) is 0 Å². The third-order valence-corrected chi connectivity index (χ3v) is 1.76. The van der Waals surface area contributed by atoms with E-state index in [-0.39, 0.29) is 0 Å². The van der Waals surface area contributed by atoms with Crippen LogP contribution in [0.1, 0.15) is 26.7 Å². The average molecular weight is 141 g/mol. The van der Waals surface area contributed by atoms with Crippen LogP contribution >= 0.6 is 0 Å². The van der Waals surface area contributed by atoms with Gasteiger partial charge in [0.25, 0.3) is 0 Å². The second kappa shape index (κ2) is 6.81. The molecule has 0 spiro atoms. The first kappa shape index (κ1) is 9.70. The molecular formula is C9H19N. The Morgan fingerprint density at radius 1 is 1.50 bits per heavy atom. The van der Waals surface area contributed by atoms with E-state index in [4.69, 9.17) is 0 Å².